The maximum Gasteiger partial charge on any atom is 0.287 e. The molecule has 0 aliphatic carbocycles. The standard InChI is InChI=1S/C12H17N3O5/c1-7(2)14-4-8(15(19)20)3-9(14)12(18)13-5-10(16)11(17)6-13/h3-4,7,10-11,16-17H,5-6H2,1-2H3/t10-,11+. The highest BCUT2D eigenvalue weighted by molar-refractivity contribution is 5.94. The van der Waals surface area contributed by atoms with E-state index in [0.29, 0.717) is 0 Å². The van der Waals surface area contributed by atoms with Gasteiger partial charge in [0.15, 0.2) is 0 Å². The van der Waals surface area contributed by atoms with Crippen LogP contribution in [0.4, 0.5) is 5.69 Å². The Morgan fingerprint density at radius 2 is 1.95 bits per heavy atom. The number of aliphatic hydroxyl groups is 2. The normalized spacial score (nSPS) is 22.6. The second kappa shape index (κ2) is 5.22. The van der Waals surface area contributed by atoms with Crippen molar-refractivity contribution in [2.24, 2.45) is 0 Å². The molecule has 8 nitrogen and oxygen atoms in total. The van der Waals surface area contributed by atoms with Crippen LogP contribution in [0, 0.1) is 10.1 Å². The summed E-state index contributed by atoms with van der Waals surface area (Å²) in [7, 11) is 0. The topological polar surface area (TPSA) is 109 Å². The number of rotatable bonds is 3. The molecule has 1 aliphatic rings. The van der Waals surface area contributed by atoms with Gasteiger partial charge in [-0.25, -0.2) is 0 Å². The Morgan fingerprint density at radius 1 is 1.40 bits per heavy atom. The van der Waals surface area contributed by atoms with Crippen LogP contribution in [0.25, 0.3) is 0 Å². The Hall–Kier alpha value is -1.93. The number of amides is 1. The summed E-state index contributed by atoms with van der Waals surface area (Å²) in [6, 6.07) is 1.11. The van der Waals surface area contributed by atoms with E-state index in [0.717, 1.165) is 0 Å². The van der Waals surface area contributed by atoms with Gasteiger partial charge >= 0.3 is 0 Å². The minimum absolute atomic E-state index is 0.0249. The van der Waals surface area contributed by atoms with Crippen molar-refractivity contribution in [2.75, 3.05) is 13.1 Å². The van der Waals surface area contributed by atoms with Crippen LogP contribution in [0.15, 0.2) is 12.3 Å². The lowest BCUT2D eigenvalue weighted by molar-refractivity contribution is -0.384. The number of hydrogen-bond donors (Lipinski definition) is 2. The summed E-state index contributed by atoms with van der Waals surface area (Å²) < 4.78 is 1.53. The number of likely N-dealkylation sites (tertiary alicyclic amines) is 1. The predicted molar refractivity (Wildman–Crippen MR) is 69.4 cm³/mol. The molecule has 1 aromatic heterocycles. The first-order valence-electron chi connectivity index (χ1n) is 6.33. The second-order valence-electron chi connectivity index (χ2n) is 5.19. The van der Waals surface area contributed by atoms with E-state index < -0.39 is 23.0 Å². The molecule has 0 aromatic carbocycles. The number of hydrogen-bond acceptors (Lipinski definition) is 5. The van der Waals surface area contributed by atoms with Crippen LogP contribution in [0.1, 0.15) is 30.4 Å². The molecule has 0 saturated carbocycles. The average molecular weight is 283 g/mol. The van der Waals surface area contributed by atoms with Gasteiger partial charge in [0.05, 0.1) is 23.3 Å². The van der Waals surface area contributed by atoms with Crippen molar-refractivity contribution in [3.05, 3.63) is 28.1 Å². The van der Waals surface area contributed by atoms with Gasteiger partial charge in [-0.2, -0.15) is 0 Å². The highest BCUT2D eigenvalue weighted by Crippen LogP contribution is 2.23. The molecular weight excluding hydrogens is 266 g/mol. The molecule has 0 unspecified atom stereocenters. The molecule has 20 heavy (non-hydrogen) atoms. The minimum atomic E-state index is -0.976. The molecule has 8 heteroatoms. The van der Waals surface area contributed by atoms with Gasteiger partial charge in [-0.1, -0.05) is 0 Å². The van der Waals surface area contributed by atoms with Crippen molar-refractivity contribution < 1.29 is 19.9 Å². The van der Waals surface area contributed by atoms with Gasteiger partial charge in [-0.3, -0.25) is 14.9 Å². The van der Waals surface area contributed by atoms with Gasteiger partial charge in [-0.15, -0.1) is 0 Å². The number of carbonyl (C=O) groups is 1. The molecule has 2 rings (SSSR count). The third-order valence-corrected chi connectivity index (χ3v) is 3.37. The maximum atomic E-state index is 12.4. The first-order valence-corrected chi connectivity index (χ1v) is 6.33. The van der Waals surface area contributed by atoms with E-state index in [1.165, 1.54) is 21.7 Å². The first kappa shape index (κ1) is 14.5. The lowest BCUT2D eigenvalue weighted by Crippen LogP contribution is -2.31. The van der Waals surface area contributed by atoms with Gasteiger partial charge in [-0.05, 0) is 13.8 Å². The van der Waals surface area contributed by atoms with Crippen molar-refractivity contribution in [3.63, 3.8) is 0 Å². The molecule has 0 bridgehead atoms. The Balaban J connectivity index is 2.32. The van der Waals surface area contributed by atoms with E-state index in [9.17, 15) is 25.1 Å². The Morgan fingerprint density at radius 3 is 2.40 bits per heavy atom. The van der Waals surface area contributed by atoms with Gasteiger partial charge in [0.1, 0.15) is 5.69 Å². The summed E-state index contributed by atoms with van der Waals surface area (Å²) in [5.41, 5.74) is 0.0374. The molecule has 1 amide bonds. The molecule has 2 heterocycles. The lowest BCUT2D eigenvalue weighted by Gasteiger charge is -2.18. The number of aliphatic hydroxyl groups excluding tert-OH is 2. The average Bonchev–Trinajstić information content (AvgIpc) is 2.93. The van der Waals surface area contributed by atoms with Gasteiger partial charge in [0, 0.05) is 25.2 Å². The van der Waals surface area contributed by atoms with Crippen LogP contribution in [0.2, 0.25) is 0 Å². The van der Waals surface area contributed by atoms with Crippen molar-refractivity contribution >= 4 is 11.6 Å². The molecule has 1 saturated heterocycles. The maximum absolute atomic E-state index is 12.4. The summed E-state index contributed by atoms with van der Waals surface area (Å²) in [6.45, 7) is 3.68. The van der Waals surface area contributed by atoms with Crippen molar-refractivity contribution in [1.82, 2.24) is 9.47 Å². The molecule has 1 fully saturated rings. The zero-order valence-corrected chi connectivity index (χ0v) is 11.3. The fourth-order valence-corrected chi connectivity index (χ4v) is 2.26. The van der Waals surface area contributed by atoms with Crippen molar-refractivity contribution in [3.8, 4) is 0 Å². The smallest absolute Gasteiger partial charge is 0.287 e. The summed E-state index contributed by atoms with van der Waals surface area (Å²) in [5.74, 6) is -0.428. The zero-order chi connectivity index (χ0) is 15.0. The van der Waals surface area contributed by atoms with E-state index in [-0.39, 0.29) is 30.5 Å². The van der Waals surface area contributed by atoms with Crippen LogP contribution < -0.4 is 0 Å². The third kappa shape index (κ3) is 2.52. The van der Waals surface area contributed by atoms with Crippen LogP contribution in [-0.4, -0.2) is 55.8 Å². The Kier molecular flexibility index (Phi) is 3.78. The Labute approximate surface area is 115 Å². The predicted octanol–water partition coefficient (Wildman–Crippen LogP) is 0.155. The zero-order valence-electron chi connectivity index (χ0n) is 11.3. The molecule has 2 atom stereocenters. The highest BCUT2D eigenvalue weighted by atomic mass is 16.6. The number of carbonyl (C=O) groups excluding carboxylic acids is 1. The molecule has 0 spiro atoms. The fraction of sp³-hybridized carbons (Fsp3) is 0.583. The van der Waals surface area contributed by atoms with Crippen molar-refractivity contribution in [1.29, 1.82) is 0 Å². The summed E-state index contributed by atoms with van der Waals surface area (Å²) >= 11 is 0. The van der Waals surface area contributed by atoms with Gasteiger partial charge < -0.3 is 19.7 Å². The van der Waals surface area contributed by atoms with Gasteiger partial charge in [0.2, 0.25) is 0 Å². The van der Waals surface area contributed by atoms with Crippen LogP contribution in [0.3, 0.4) is 0 Å². The van der Waals surface area contributed by atoms with E-state index in [1.807, 2.05) is 13.8 Å². The van der Waals surface area contributed by atoms with Crippen LogP contribution in [0.5, 0.6) is 0 Å². The second-order valence-corrected chi connectivity index (χ2v) is 5.19. The summed E-state index contributed by atoms with van der Waals surface area (Å²) in [5, 5.41) is 29.8. The lowest BCUT2D eigenvalue weighted by atomic mass is 10.3. The van der Waals surface area contributed by atoms with E-state index in [1.54, 1.807) is 0 Å². The SMILES string of the molecule is CC(C)n1cc([N+](=O)[O-])cc1C(=O)N1C[C@@H](O)[C@@H](O)C1. The number of nitrogens with zero attached hydrogens (tertiary/aromatic N) is 3. The van der Waals surface area contributed by atoms with E-state index in [4.69, 9.17) is 0 Å². The minimum Gasteiger partial charge on any atom is -0.388 e. The van der Waals surface area contributed by atoms with E-state index in [2.05, 4.69) is 0 Å². The molecule has 2 N–H and O–H groups in total. The fourth-order valence-electron chi connectivity index (χ4n) is 2.26. The number of β-amino-alcohol motifs (C(OH)–C–C–N with tert-alkyl or cyclic N) is 2. The number of nitro groups is 1. The van der Waals surface area contributed by atoms with Crippen LogP contribution >= 0.6 is 0 Å². The molecule has 1 aliphatic heterocycles. The quantitative estimate of drug-likeness (QED) is 0.606. The summed E-state index contributed by atoms with van der Waals surface area (Å²) in [6.07, 6.45) is -0.631. The highest BCUT2D eigenvalue weighted by Gasteiger charge is 2.35. The van der Waals surface area contributed by atoms with Crippen LogP contribution in [-0.2, 0) is 0 Å². The third-order valence-electron chi connectivity index (χ3n) is 3.37. The molecule has 1 aromatic rings. The number of aromatic nitrogens is 1. The molecule has 0 radical (unpaired) electrons. The van der Waals surface area contributed by atoms with E-state index >= 15 is 0 Å². The monoisotopic (exact) mass is 283 g/mol. The first-order chi connectivity index (χ1) is 9.31. The van der Waals surface area contributed by atoms with Crippen molar-refractivity contribution in [2.45, 2.75) is 32.1 Å². The molecular formula is C12H17N3O5. The van der Waals surface area contributed by atoms with Gasteiger partial charge in [0.25, 0.3) is 11.6 Å². The Bertz CT molecular complexity index is 529. The molecule has 110 valence electrons. The largest absolute Gasteiger partial charge is 0.388 e. The summed E-state index contributed by atoms with van der Waals surface area (Å²) in [4.78, 5) is 23.9.